The van der Waals surface area contributed by atoms with Crippen LogP contribution in [0.15, 0.2) is 47.1 Å². The summed E-state index contributed by atoms with van der Waals surface area (Å²) < 4.78 is 5.36. The van der Waals surface area contributed by atoms with Crippen LogP contribution in [-0.2, 0) is 0 Å². The number of aromatic nitrogens is 3. The average Bonchev–Trinajstić information content (AvgIpc) is 2.99. The molecule has 0 fully saturated rings. The van der Waals surface area contributed by atoms with Crippen LogP contribution in [0.3, 0.4) is 0 Å². The van der Waals surface area contributed by atoms with E-state index in [9.17, 15) is 4.79 Å². The summed E-state index contributed by atoms with van der Waals surface area (Å²) in [7, 11) is 0. The van der Waals surface area contributed by atoms with Crippen molar-refractivity contribution >= 4 is 23.2 Å². The molecule has 0 atom stereocenters. The van der Waals surface area contributed by atoms with Crippen molar-refractivity contribution in [1.82, 2.24) is 20.5 Å². The lowest BCUT2D eigenvalue weighted by molar-refractivity contribution is 0.0953. The predicted octanol–water partition coefficient (Wildman–Crippen LogP) is 2.67. The van der Waals surface area contributed by atoms with Crippen LogP contribution in [0.2, 0.25) is 0 Å². The smallest absolute Gasteiger partial charge is 0.254 e. The van der Waals surface area contributed by atoms with Crippen LogP contribution in [-0.4, -0.2) is 34.2 Å². The number of hydrogen-bond acceptors (Lipinski definition) is 7. The fourth-order valence-corrected chi connectivity index (χ4v) is 2.40. The second-order valence-electron chi connectivity index (χ2n) is 5.68. The molecule has 0 bridgehead atoms. The molecule has 3 aromatic rings. The number of aryl methyl sites for hydroxylation is 2. The molecule has 0 saturated carbocycles. The predicted molar refractivity (Wildman–Crippen MR) is 98.6 cm³/mol. The van der Waals surface area contributed by atoms with Crippen LogP contribution < -0.4 is 16.0 Å². The van der Waals surface area contributed by atoms with Crippen molar-refractivity contribution in [2.24, 2.45) is 0 Å². The van der Waals surface area contributed by atoms with Gasteiger partial charge in [0.15, 0.2) is 5.82 Å². The van der Waals surface area contributed by atoms with Gasteiger partial charge in [-0.05, 0) is 44.2 Å². The second kappa shape index (κ2) is 8.11. The van der Waals surface area contributed by atoms with Gasteiger partial charge in [0.2, 0.25) is 0 Å². The largest absolute Gasteiger partial charge is 0.466 e. The van der Waals surface area contributed by atoms with Gasteiger partial charge in [-0.2, -0.15) is 0 Å². The Morgan fingerprint density at radius 2 is 1.92 bits per heavy atom. The van der Waals surface area contributed by atoms with Crippen LogP contribution in [0.5, 0.6) is 0 Å². The molecule has 0 saturated heterocycles. The molecule has 8 nitrogen and oxygen atoms in total. The summed E-state index contributed by atoms with van der Waals surface area (Å²) in [5, 5.41) is 17.3. The maximum Gasteiger partial charge on any atom is 0.254 e. The molecule has 0 aliphatic carbocycles. The molecule has 3 aromatic heterocycles. The molecule has 3 N–H and O–H groups in total. The topological polar surface area (TPSA) is 105 Å². The van der Waals surface area contributed by atoms with Crippen LogP contribution >= 0.6 is 0 Å². The zero-order valence-electron chi connectivity index (χ0n) is 14.6. The maximum absolute atomic E-state index is 12.1. The van der Waals surface area contributed by atoms with E-state index in [4.69, 9.17) is 4.42 Å². The third kappa shape index (κ3) is 4.56. The Labute approximate surface area is 151 Å². The summed E-state index contributed by atoms with van der Waals surface area (Å²) >= 11 is 0. The van der Waals surface area contributed by atoms with Gasteiger partial charge in [0.05, 0.1) is 17.4 Å². The van der Waals surface area contributed by atoms with E-state index in [1.54, 1.807) is 25.4 Å². The highest BCUT2D eigenvalue weighted by Gasteiger charge is 2.12. The Balaban J connectivity index is 1.43. The number of hydrogen-bond donors (Lipinski definition) is 3. The zero-order chi connectivity index (χ0) is 18.4. The third-order valence-electron chi connectivity index (χ3n) is 3.60. The van der Waals surface area contributed by atoms with Crippen LogP contribution in [0, 0.1) is 13.8 Å². The lowest BCUT2D eigenvalue weighted by Crippen LogP contribution is -2.29. The lowest BCUT2D eigenvalue weighted by atomic mass is 10.2. The van der Waals surface area contributed by atoms with Crippen molar-refractivity contribution in [1.29, 1.82) is 0 Å². The van der Waals surface area contributed by atoms with Crippen LogP contribution in [0.25, 0.3) is 0 Å². The Bertz CT molecular complexity index is 861. The number of carbonyl (C=O) groups excluding carboxylic acids is 1. The first kappa shape index (κ1) is 17.4. The Morgan fingerprint density at radius 3 is 2.58 bits per heavy atom. The summed E-state index contributed by atoms with van der Waals surface area (Å²) in [4.78, 5) is 16.1. The second-order valence-corrected chi connectivity index (χ2v) is 5.68. The van der Waals surface area contributed by atoms with E-state index < -0.39 is 0 Å². The van der Waals surface area contributed by atoms with Gasteiger partial charge in [-0.3, -0.25) is 9.78 Å². The quantitative estimate of drug-likeness (QED) is 0.561. The first-order chi connectivity index (χ1) is 12.6. The molecule has 3 rings (SSSR count). The van der Waals surface area contributed by atoms with Gasteiger partial charge in [0, 0.05) is 19.3 Å². The molecular formula is C18H20N6O2. The lowest BCUT2D eigenvalue weighted by Gasteiger charge is -2.08. The van der Waals surface area contributed by atoms with Gasteiger partial charge in [-0.1, -0.05) is 0 Å². The molecule has 3 heterocycles. The number of amides is 1. The third-order valence-corrected chi connectivity index (χ3v) is 3.60. The van der Waals surface area contributed by atoms with Crippen molar-refractivity contribution < 1.29 is 9.21 Å². The minimum absolute atomic E-state index is 0.150. The number of nitrogens with one attached hydrogen (secondary N) is 3. The van der Waals surface area contributed by atoms with E-state index >= 15 is 0 Å². The normalized spacial score (nSPS) is 10.4. The highest BCUT2D eigenvalue weighted by Crippen LogP contribution is 2.14. The molecule has 134 valence electrons. The van der Waals surface area contributed by atoms with Crippen molar-refractivity contribution in [3.63, 3.8) is 0 Å². The minimum Gasteiger partial charge on any atom is -0.466 e. The number of rotatable bonds is 7. The summed E-state index contributed by atoms with van der Waals surface area (Å²) in [6, 6.07) is 9.10. The maximum atomic E-state index is 12.1. The first-order valence-corrected chi connectivity index (χ1v) is 8.22. The van der Waals surface area contributed by atoms with Gasteiger partial charge >= 0.3 is 0 Å². The standard InChI is InChI=1S/C18H20N6O2/c1-12-10-15(13(2)26-12)18(25)21-9-8-20-16-5-6-17(24-23-16)22-14-4-3-7-19-11-14/h3-7,10-11H,8-9H2,1-2H3,(H,20,23)(H,21,25)(H,22,24). The van der Waals surface area contributed by atoms with Gasteiger partial charge in [0.25, 0.3) is 5.91 Å². The molecule has 0 unspecified atom stereocenters. The zero-order valence-corrected chi connectivity index (χ0v) is 14.6. The van der Waals surface area contributed by atoms with Crippen LogP contribution in [0.4, 0.5) is 17.3 Å². The van der Waals surface area contributed by atoms with Crippen molar-refractivity contribution in [2.45, 2.75) is 13.8 Å². The number of pyridine rings is 1. The summed E-state index contributed by atoms with van der Waals surface area (Å²) in [6.07, 6.45) is 3.41. The SMILES string of the molecule is Cc1cc(C(=O)NCCNc2ccc(Nc3cccnc3)nn2)c(C)o1. The van der Waals surface area contributed by atoms with Gasteiger partial charge < -0.3 is 20.4 Å². The Morgan fingerprint density at radius 1 is 1.12 bits per heavy atom. The summed E-state index contributed by atoms with van der Waals surface area (Å²) in [5.74, 6) is 2.45. The van der Waals surface area contributed by atoms with E-state index in [2.05, 4.69) is 31.1 Å². The molecule has 0 spiro atoms. The van der Waals surface area contributed by atoms with E-state index in [0.717, 1.165) is 11.4 Å². The number of furan rings is 1. The molecular weight excluding hydrogens is 332 g/mol. The highest BCUT2D eigenvalue weighted by atomic mass is 16.3. The van der Waals surface area contributed by atoms with Crippen LogP contribution in [0.1, 0.15) is 21.9 Å². The summed E-state index contributed by atoms with van der Waals surface area (Å²) in [6.45, 7) is 4.58. The minimum atomic E-state index is -0.150. The Hall–Kier alpha value is -3.42. The van der Waals surface area contributed by atoms with Gasteiger partial charge in [-0.15, -0.1) is 10.2 Å². The molecule has 26 heavy (non-hydrogen) atoms. The van der Waals surface area contributed by atoms with E-state index in [1.165, 1.54) is 0 Å². The molecule has 0 aliphatic heterocycles. The molecule has 1 amide bonds. The van der Waals surface area contributed by atoms with E-state index in [-0.39, 0.29) is 5.91 Å². The fraction of sp³-hybridized carbons (Fsp3) is 0.222. The van der Waals surface area contributed by atoms with E-state index in [0.29, 0.717) is 36.0 Å². The van der Waals surface area contributed by atoms with E-state index in [1.807, 2.05) is 31.2 Å². The van der Waals surface area contributed by atoms with Gasteiger partial charge in [-0.25, -0.2) is 0 Å². The number of carbonyl (C=O) groups is 1. The number of anilines is 3. The van der Waals surface area contributed by atoms with Crippen molar-refractivity contribution in [3.8, 4) is 0 Å². The highest BCUT2D eigenvalue weighted by molar-refractivity contribution is 5.95. The Kier molecular flexibility index (Phi) is 5.43. The fourth-order valence-electron chi connectivity index (χ4n) is 2.40. The molecule has 0 aliphatic rings. The van der Waals surface area contributed by atoms with Crippen molar-refractivity contribution in [3.05, 3.63) is 59.8 Å². The monoisotopic (exact) mass is 352 g/mol. The average molecular weight is 352 g/mol. The first-order valence-electron chi connectivity index (χ1n) is 8.22. The van der Waals surface area contributed by atoms with Gasteiger partial charge in [0.1, 0.15) is 17.3 Å². The van der Waals surface area contributed by atoms with Crippen molar-refractivity contribution in [2.75, 3.05) is 23.7 Å². The summed E-state index contributed by atoms with van der Waals surface area (Å²) in [5.41, 5.74) is 1.41. The molecule has 0 radical (unpaired) electrons. The number of nitrogens with zero attached hydrogens (tertiary/aromatic N) is 3. The molecule has 8 heteroatoms. The molecule has 0 aromatic carbocycles.